The van der Waals surface area contributed by atoms with Crippen LogP contribution in [0, 0.1) is 7.14 Å². The van der Waals surface area contributed by atoms with Crippen LogP contribution in [0.25, 0.3) is 22.1 Å². The van der Waals surface area contributed by atoms with Gasteiger partial charge in [0.15, 0.2) is 5.78 Å². The fourth-order valence-corrected chi connectivity index (χ4v) is 13.0. The molecule has 2 heterocycles. The number of benzene rings is 5. The Labute approximate surface area is 472 Å². The summed E-state index contributed by atoms with van der Waals surface area (Å²) in [5.41, 5.74) is 8.52. The van der Waals surface area contributed by atoms with Crippen LogP contribution in [-0.2, 0) is 15.5 Å². The van der Waals surface area contributed by atoms with Crippen LogP contribution in [0.15, 0.2) is 126 Å². The van der Waals surface area contributed by atoms with Gasteiger partial charge in [0.2, 0.25) is 0 Å². The number of carbonyl (C=O) groups excluding carboxylic acids is 1. The average Bonchev–Trinajstić information content (AvgIpc) is 3.78. The summed E-state index contributed by atoms with van der Waals surface area (Å²) in [6.45, 7) is 16.1. The monoisotopic (exact) mass is 1280 g/mol. The standard InChI is InChI=1S/C26H29NO.C25H29I2NO3.C7H15Cl2N2O2P/c1-4-25(21-11-7-5-8-12-21)26(22-13-9-6-10-14-22)23-15-17-24(18-16-23)28-20-19-27(2)3;1-4-7-11-22-23(18-10-8-9-12-21(18)31-22)24(29)17-15-19(26)25(20(27)16-17)30-14-13-28(5-2)6-3;8-2-5-11(6-3-9)14(12)10-4-1-7-13-14/h5-18H,4,19-20H2,1-3H3;8-10,12,15-16H,4-7,11,13-14H2,1-3H3;1-7H2,(H,10,12)/b26-25-;;. The lowest BCUT2D eigenvalue weighted by Gasteiger charge is -2.33. The molecule has 0 amide bonds. The first-order valence-electron chi connectivity index (χ1n) is 25.4. The van der Waals surface area contributed by atoms with Crippen LogP contribution in [0.5, 0.6) is 11.5 Å². The summed E-state index contributed by atoms with van der Waals surface area (Å²) in [7, 11) is 1.27. The number of carbonyl (C=O) groups is 1. The van der Waals surface area contributed by atoms with E-state index in [9.17, 15) is 9.36 Å². The molecule has 15 heteroatoms. The van der Waals surface area contributed by atoms with Gasteiger partial charge in [0, 0.05) is 61.9 Å². The topological polar surface area (TPSA) is 96.7 Å². The van der Waals surface area contributed by atoms with Crippen LogP contribution in [0.1, 0.15) is 91.8 Å². The number of fused-ring (bicyclic) bond motifs is 1. The maximum Gasteiger partial charge on any atom is 0.343 e. The second-order valence-corrected chi connectivity index (χ2v) is 22.8. The summed E-state index contributed by atoms with van der Waals surface area (Å²) in [5, 5.41) is 3.80. The molecule has 10 nitrogen and oxygen atoms in total. The van der Waals surface area contributed by atoms with Gasteiger partial charge in [-0.3, -0.25) is 9.36 Å². The molecule has 1 aromatic heterocycles. The van der Waals surface area contributed by atoms with Crippen LogP contribution in [0.4, 0.5) is 0 Å². The Hall–Kier alpha value is -3.28. The second kappa shape index (κ2) is 32.3. The van der Waals surface area contributed by atoms with E-state index in [1.54, 1.807) is 4.67 Å². The van der Waals surface area contributed by atoms with E-state index >= 15 is 0 Å². The number of hydrogen-bond donors (Lipinski definition) is 1. The van der Waals surface area contributed by atoms with E-state index in [2.05, 4.69) is 187 Å². The zero-order chi connectivity index (χ0) is 52.6. The summed E-state index contributed by atoms with van der Waals surface area (Å²) in [5.74, 6) is 3.42. The molecule has 0 aliphatic carbocycles. The SMILES string of the molecule is CC/C(=C(\c1ccccc1)c1ccc(OCCN(C)C)cc1)c1ccccc1.CCCCc1oc2ccccc2c1C(=O)c1cc(I)c(OCCN(CC)CC)c(I)c1.O=P1(N(CCCl)CCCl)NCCCO1. The average molecular weight is 1280 g/mol. The van der Waals surface area contributed by atoms with Gasteiger partial charge in [-0.25, -0.2) is 9.76 Å². The Morgan fingerprint density at radius 1 is 0.726 bits per heavy atom. The molecule has 0 spiro atoms. The molecule has 1 N–H and O–H groups in total. The van der Waals surface area contributed by atoms with Crippen LogP contribution in [0.3, 0.4) is 0 Å². The first-order chi connectivity index (χ1) is 35.4. The number of allylic oxidation sites excluding steroid dienone is 1. The highest BCUT2D eigenvalue weighted by Crippen LogP contribution is 2.48. The number of para-hydroxylation sites is 1. The molecule has 1 aliphatic rings. The Morgan fingerprint density at radius 3 is 1.88 bits per heavy atom. The Kier molecular flexibility index (Phi) is 26.8. The lowest BCUT2D eigenvalue weighted by Crippen LogP contribution is -2.35. The van der Waals surface area contributed by atoms with Crippen molar-refractivity contribution in [2.75, 3.05) is 91.5 Å². The fraction of sp³-hybridized carbons (Fsp3) is 0.397. The molecule has 1 atom stereocenters. The molecule has 1 unspecified atom stereocenters. The number of likely N-dealkylation sites (N-methyl/N-ethyl adjacent to an activating group) is 2. The van der Waals surface area contributed by atoms with E-state index in [1.807, 2.05) is 36.4 Å². The number of nitrogens with zero attached hydrogens (tertiary/aromatic N) is 3. The van der Waals surface area contributed by atoms with E-state index in [-0.39, 0.29) is 5.78 Å². The van der Waals surface area contributed by atoms with Crippen molar-refractivity contribution in [1.82, 2.24) is 19.6 Å². The summed E-state index contributed by atoms with van der Waals surface area (Å²) < 4.78 is 39.1. The summed E-state index contributed by atoms with van der Waals surface area (Å²) in [6, 6.07) is 41.5. The third kappa shape index (κ3) is 18.2. The number of unbranched alkanes of at least 4 members (excludes halogenated alkanes) is 1. The predicted octanol–water partition coefficient (Wildman–Crippen LogP) is 14.8. The van der Waals surface area contributed by atoms with E-state index < -0.39 is 7.67 Å². The van der Waals surface area contributed by atoms with Crippen molar-refractivity contribution in [3.63, 3.8) is 0 Å². The Balaban J connectivity index is 0.000000217. The van der Waals surface area contributed by atoms with Crippen molar-refractivity contribution in [2.45, 2.75) is 59.8 Å². The number of hydrogen-bond acceptors (Lipinski definition) is 8. The van der Waals surface area contributed by atoms with Gasteiger partial charge in [0.25, 0.3) is 0 Å². The van der Waals surface area contributed by atoms with Crippen LogP contribution in [0.2, 0.25) is 0 Å². The van der Waals surface area contributed by atoms with Gasteiger partial charge in [0.05, 0.1) is 19.3 Å². The molecule has 0 radical (unpaired) electrons. The summed E-state index contributed by atoms with van der Waals surface area (Å²) >= 11 is 15.8. The zero-order valence-electron chi connectivity index (χ0n) is 43.3. The van der Waals surface area contributed by atoms with Crippen LogP contribution in [-0.4, -0.2) is 112 Å². The Bertz CT molecular complexity index is 2630. The Morgan fingerprint density at radius 2 is 1.32 bits per heavy atom. The van der Waals surface area contributed by atoms with Crippen molar-refractivity contribution in [1.29, 1.82) is 0 Å². The number of ketones is 1. The second-order valence-electron chi connectivity index (χ2n) is 17.5. The molecule has 73 heavy (non-hydrogen) atoms. The van der Waals surface area contributed by atoms with Gasteiger partial charge in [-0.1, -0.05) is 125 Å². The lowest BCUT2D eigenvalue weighted by atomic mass is 9.88. The van der Waals surface area contributed by atoms with Crippen molar-refractivity contribution < 1.29 is 27.8 Å². The summed E-state index contributed by atoms with van der Waals surface area (Å²) in [6.07, 6.45) is 4.68. The first kappa shape index (κ1) is 60.6. The highest BCUT2D eigenvalue weighted by Gasteiger charge is 2.33. The van der Waals surface area contributed by atoms with Gasteiger partial charge < -0.3 is 28.2 Å². The number of furan rings is 1. The highest BCUT2D eigenvalue weighted by atomic mass is 127. The van der Waals surface area contributed by atoms with Gasteiger partial charge in [-0.05, 0) is 150 Å². The number of alkyl halides is 2. The van der Waals surface area contributed by atoms with E-state index in [1.165, 1.54) is 27.8 Å². The molecular weight excluding hydrogens is 1200 g/mol. The number of nitrogens with one attached hydrogen (secondary N) is 1. The summed E-state index contributed by atoms with van der Waals surface area (Å²) in [4.78, 5) is 18.0. The van der Waals surface area contributed by atoms with Crippen LogP contribution >= 0.6 is 76.1 Å². The number of ether oxygens (including phenoxy) is 2. The molecule has 0 saturated carbocycles. The van der Waals surface area contributed by atoms with E-state index in [0.717, 1.165) is 100 Å². The minimum atomic E-state index is -2.84. The van der Waals surface area contributed by atoms with Gasteiger partial charge in [-0.2, -0.15) is 0 Å². The molecule has 0 bridgehead atoms. The van der Waals surface area contributed by atoms with Crippen LogP contribution < -0.4 is 14.6 Å². The number of rotatable bonds is 24. The molecule has 7 rings (SSSR count). The lowest BCUT2D eigenvalue weighted by molar-refractivity contribution is 0.103. The molecule has 394 valence electrons. The predicted molar refractivity (Wildman–Crippen MR) is 322 cm³/mol. The smallest absolute Gasteiger partial charge is 0.343 e. The van der Waals surface area contributed by atoms with E-state index in [0.29, 0.717) is 55.8 Å². The molecule has 6 aromatic rings. The van der Waals surface area contributed by atoms with Crippen molar-refractivity contribution >= 4 is 104 Å². The first-order valence-corrected chi connectivity index (χ1v) is 30.2. The molecular formula is C58H73Cl2I2N4O6P. The number of halogens is 4. The van der Waals surface area contributed by atoms with Crippen molar-refractivity contribution in [3.05, 3.63) is 162 Å². The quantitative estimate of drug-likeness (QED) is 0.0207. The van der Waals surface area contributed by atoms with Crippen molar-refractivity contribution in [3.8, 4) is 11.5 Å². The van der Waals surface area contributed by atoms with Gasteiger partial charge in [-0.15, -0.1) is 23.2 Å². The molecule has 1 fully saturated rings. The third-order valence-corrected chi connectivity index (χ3v) is 16.4. The number of aryl methyl sites for hydroxylation is 1. The fourth-order valence-electron chi connectivity index (χ4n) is 8.28. The van der Waals surface area contributed by atoms with Crippen molar-refractivity contribution in [2.24, 2.45) is 0 Å². The third-order valence-electron chi connectivity index (χ3n) is 12.2. The normalized spacial score (nSPS) is 14.9. The maximum absolute atomic E-state index is 13.6. The molecule has 1 saturated heterocycles. The largest absolute Gasteiger partial charge is 0.492 e. The molecule has 5 aromatic carbocycles. The molecule has 1 aliphatic heterocycles. The van der Waals surface area contributed by atoms with Gasteiger partial charge in [0.1, 0.15) is 36.1 Å². The maximum atomic E-state index is 13.6. The minimum absolute atomic E-state index is 0.0153. The van der Waals surface area contributed by atoms with Gasteiger partial charge >= 0.3 is 7.67 Å². The minimum Gasteiger partial charge on any atom is -0.492 e. The van der Waals surface area contributed by atoms with E-state index in [4.69, 9.17) is 41.6 Å². The zero-order valence-corrected chi connectivity index (χ0v) is 50.0. The highest BCUT2D eigenvalue weighted by molar-refractivity contribution is 14.1.